The summed E-state index contributed by atoms with van der Waals surface area (Å²) in [4.78, 5) is 14.0. The van der Waals surface area contributed by atoms with E-state index in [1.54, 1.807) is 35.5 Å². The van der Waals surface area contributed by atoms with Crippen molar-refractivity contribution in [2.45, 2.75) is 17.7 Å². The predicted octanol–water partition coefficient (Wildman–Crippen LogP) is 1.44. The van der Waals surface area contributed by atoms with Crippen molar-refractivity contribution in [3.8, 4) is 0 Å². The minimum absolute atomic E-state index is 0.0951. The molecule has 1 aliphatic heterocycles. The number of carbonyl (C=O) groups excluding carboxylic acids is 1. The summed E-state index contributed by atoms with van der Waals surface area (Å²) in [5, 5.41) is 6.43. The summed E-state index contributed by atoms with van der Waals surface area (Å²) < 4.78 is 28.2. The van der Waals surface area contributed by atoms with Crippen molar-refractivity contribution in [3.63, 3.8) is 0 Å². The zero-order chi connectivity index (χ0) is 17.3. The number of amides is 1. The van der Waals surface area contributed by atoms with Gasteiger partial charge < -0.3 is 4.90 Å². The molecule has 2 aromatic heterocycles. The highest BCUT2D eigenvalue weighted by Crippen LogP contribution is 2.22. The van der Waals surface area contributed by atoms with Crippen molar-refractivity contribution in [1.82, 2.24) is 19.0 Å². The van der Waals surface area contributed by atoms with Crippen LogP contribution in [-0.2, 0) is 21.4 Å². The first-order chi connectivity index (χ1) is 11.4. The van der Waals surface area contributed by atoms with Crippen molar-refractivity contribution in [2.24, 2.45) is 0 Å². The number of sulfonamides is 1. The highest BCUT2D eigenvalue weighted by molar-refractivity contribution is 7.91. The van der Waals surface area contributed by atoms with Gasteiger partial charge in [0.25, 0.3) is 10.0 Å². The molecule has 1 amide bonds. The van der Waals surface area contributed by atoms with Crippen molar-refractivity contribution in [1.29, 1.82) is 0 Å². The van der Waals surface area contributed by atoms with E-state index in [0.29, 0.717) is 41.1 Å². The average molecular weight is 389 g/mol. The largest absolute Gasteiger partial charge is 0.338 e. The highest BCUT2D eigenvalue weighted by Gasteiger charge is 2.30. The zero-order valence-corrected chi connectivity index (χ0v) is 15.4. The third-order valence-electron chi connectivity index (χ3n) is 3.86. The molecule has 24 heavy (non-hydrogen) atoms. The molecule has 2 aromatic rings. The number of piperazine rings is 1. The van der Waals surface area contributed by atoms with Crippen LogP contribution in [-0.4, -0.2) is 59.5 Å². The molecule has 7 nitrogen and oxygen atoms in total. The van der Waals surface area contributed by atoms with Crippen LogP contribution in [0.5, 0.6) is 0 Å². The number of aromatic nitrogens is 2. The zero-order valence-electron chi connectivity index (χ0n) is 13.1. The molecule has 0 saturated carbocycles. The Labute approximate surface area is 149 Å². The standard InChI is InChI=1S/C14H17ClN4O3S2/c1-11-12(15)9-18(16-11)10-13(20)17-4-6-19(7-5-17)24(21,22)14-3-2-8-23-14/h2-3,8-9H,4-7,10H2,1H3. The predicted molar refractivity (Wildman–Crippen MR) is 91.6 cm³/mol. The van der Waals surface area contributed by atoms with E-state index < -0.39 is 10.0 Å². The lowest BCUT2D eigenvalue weighted by Crippen LogP contribution is -2.51. The van der Waals surface area contributed by atoms with Crippen LogP contribution >= 0.6 is 22.9 Å². The van der Waals surface area contributed by atoms with Crippen LogP contribution in [0.1, 0.15) is 5.69 Å². The summed E-state index contributed by atoms with van der Waals surface area (Å²) in [7, 11) is -3.45. The third kappa shape index (κ3) is 3.49. The summed E-state index contributed by atoms with van der Waals surface area (Å²) in [6, 6.07) is 3.32. The van der Waals surface area contributed by atoms with E-state index in [9.17, 15) is 13.2 Å². The van der Waals surface area contributed by atoms with E-state index in [0.717, 1.165) is 0 Å². The van der Waals surface area contributed by atoms with Gasteiger partial charge in [-0.25, -0.2) is 8.42 Å². The molecule has 0 bridgehead atoms. The van der Waals surface area contributed by atoms with Crippen molar-refractivity contribution < 1.29 is 13.2 Å². The minimum atomic E-state index is -3.45. The fourth-order valence-corrected chi connectivity index (χ4v) is 5.25. The molecule has 0 N–H and O–H groups in total. The van der Waals surface area contributed by atoms with Gasteiger partial charge in [0, 0.05) is 32.4 Å². The number of nitrogens with zero attached hydrogens (tertiary/aromatic N) is 4. The lowest BCUT2D eigenvalue weighted by Gasteiger charge is -2.33. The van der Waals surface area contributed by atoms with Crippen LogP contribution < -0.4 is 0 Å². The summed E-state index contributed by atoms with van der Waals surface area (Å²) >= 11 is 7.14. The van der Waals surface area contributed by atoms with Gasteiger partial charge in [-0.2, -0.15) is 9.40 Å². The number of halogens is 1. The molecule has 0 unspecified atom stereocenters. The van der Waals surface area contributed by atoms with Gasteiger partial charge in [-0.3, -0.25) is 9.48 Å². The Morgan fingerprint density at radius 1 is 1.33 bits per heavy atom. The molecule has 0 atom stereocenters. The molecule has 0 aliphatic carbocycles. The fourth-order valence-electron chi connectivity index (χ4n) is 2.53. The van der Waals surface area contributed by atoms with Crippen LogP contribution in [0.15, 0.2) is 27.9 Å². The number of thiophene rings is 1. The van der Waals surface area contributed by atoms with E-state index in [1.807, 2.05) is 0 Å². The SMILES string of the molecule is Cc1nn(CC(=O)N2CCN(S(=O)(=O)c3cccs3)CC2)cc1Cl. The topological polar surface area (TPSA) is 75.5 Å². The summed E-state index contributed by atoms with van der Waals surface area (Å²) in [6.07, 6.45) is 1.62. The highest BCUT2D eigenvalue weighted by atomic mass is 35.5. The van der Waals surface area contributed by atoms with Gasteiger partial charge in [0.2, 0.25) is 5.91 Å². The molecule has 1 fully saturated rings. The Bertz CT molecular complexity index is 805. The van der Waals surface area contributed by atoms with E-state index >= 15 is 0 Å². The fraction of sp³-hybridized carbons (Fsp3) is 0.429. The van der Waals surface area contributed by atoms with Crippen LogP contribution in [0.4, 0.5) is 0 Å². The Morgan fingerprint density at radius 3 is 2.58 bits per heavy atom. The molecule has 10 heteroatoms. The van der Waals surface area contributed by atoms with Gasteiger partial charge in [0.05, 0.1) is 10.7 Å². The number of carbonyl (C=O) groups is 1. The molecule has 3 heterocycles. The number of hydrogen-bond donors (Lipinski definition) is 0. The van der Waals surface area contributed by atoms with Gasteiger partial charge in [-0.05, 0) is 18.4 Å². The van der Waals surface area contributed by atoms with Crippen molar-refractivity contribution in [2.75, 3.05) is 26.2 Å². The van der Waals surface area contributed by atoms with E-state index in [4.69, 9.17) is 11.6 Å². The van der Waals surface area contributed by atoms with E-state index in [2.05, 4.69) is 5.10 Å². The first-order valence-corrected chi connectivity index (χ1v) is 10.1. The average Bonchev–Trinajstić information content (AvgIpc) is 3.19. The molecular weight excluding hydrogens is 372 g/mol. The second-order valence-electron chi connectivity index (χ2n) is 5.48. The molecule has 3 rings (SSSR count). The third-order valence-corrected chi connectivity index (χ3v) is 7.51. The maximum Gasteiger partial charge on any atom is 0.252 e. The van der Waals surface area contributed by atoms with E-state index in [-0.39, 0.29) is 12.5 Å². The molecule has 0 radical (unpaired) electrons. The van der Waals surface area contributed by atoms with Gasteiger partial charge >= 0.3 is 0 Å². The Kier molecular flexibility index (Phi) is 4.95. The maximum absolute atomic E-state index is 12.5. The molecular formula is C14H17ClN4O3S2. The molecule has 0 aromatic carbocycles. The summed E-state index contributed by atoms with van der Waals surface area (Å²) in [5.41, 5.74) is 0.677. The second kappa shape index (κ2) is 6.83. The van der Waals surface area contributed by atoms with Crippen molar-refractivity contribution in [3.05, 3.63) is 34.4 Å². The first-order valence-electron chi connectivity index (χ1n) is 7.39. The molecule has 130 valence electrons. The molecule has 1 aliphatic rings. The number of rotatable bonds is 4. The minimum Gasteiger partial charge on any atom is -0.338 e. The Hall–Kier alpha value is -1.42. The quantitative estimate of drug-likeness (QED) is 0.794. The Morgan fingerprint density at radius 2 is 2.04 bits per heavy atom. The van der Waals surface area contributed by atoms with Crippen LogP contribution in [0.3, 0.4) is 0 Å². The number of aryl methyl sites for hydroxylation is 1. The van der Waals surface area contributed by atoms with Crippen molar-refractivity contribution >= 4 is 38.9 Å². The monoisotopic (exact) mass is 388 g/mol. The maximum atomic E-state index is 12.5. The molecule has 0 spiro atoms. The summed E-state index contributed by atoms with van der Waals surface area (Å²) in [5.74, 6) is -0.0951. The van der Waals surface area contributed by atoms with E-state index in [1.165, 1.54) is 20.3 Å². The number of hydrogen-bond acceptors (Lipinski definition) is 5. The molecule has 1 saturated heterocycles. The van der Waals surface area contributed by atoms with Gasteiger partial charge in [-0.15, -0.1) is 11.3 Å². The second-order valence-corrected chi connectivity index (χ2v) is 9.00. The lowest BCUT2D eigenvalue weighted by molar-refractivity contribution is -0.133. The van der Waals surface area contributed by atoms with Gasteiger partial charge in [0.15, 0.2) is 0 Å². The first kappa shape index (κ1) is 17.4. The van der Waals surface area contributed by atoms with Crippen LogP contribution in [0.25, 0.3) is 0 Å². The summed E-state index contributed by atoms with van der Waals surface area (Å²) in [6.45, 7) is 3.22. The lowest BCUT2D eigenvalue weighted by atomic mass is 10.3. The normalized spacial score (nSPS) is 16.5. The Balaban J connectivity index is 1.59. The van der Waals surface area contributed by atoms with Gasteiger partial charge in [0.1, 0.15) is 10.8 Å². The van der Waals surface area contributed by atoms with Crippen LogP contribution in [0, 0.1) is 6.92 Å². The van der Waals surface area contributed by atoms with Crippen LogP contribution in [0.2, 0.25) is 5.02 Å². The van der Waals surface area contributed by atoms with Gasteiger partial charge in [-0.1, -0.05) is 17.7 Å². The smallest absolute Gasteiger partial charge is 0.252 e.